The Kier molecular flexibility index (Phi) is 4.87. The Morgan fingerprint density at radius 2 is 2.00 bits per heavy atom. The fourth-order valence-electron chi connectivity index (χ4n) is 1.04. The van der Waals surface area contributed by atoms with Gasteiger partial charge in [0.2, 0.25) is 5.96 Å². The van der Waals surface area contributed by atoms with Crippen molar-refractivity contribution < 1.29 is 0 Å². The van der Waals surface area contributed by atoms with E-state index < -0.39 is 0 Å². The number of aliphatic imine (C=N–C) groups is 1. The Balaban J connectivity index is 4.37. The zero-order valence-electron chi connectivity index (χ0n) is 8.54. The maximum absolute atomic E-state index is 7.59. The first-order valence-corrected chi connectivity index (χ1v) is 4.43. The average Bonchev–Trinajstić information content (AvgIpc) is 1.97. The van der Waals surface area contributed by atoms with Gasteiger partial charge in [0.05, 0.1) is 0 Å². The predicted octanol–water partition coefficient (Wildman–Crippen LogP) is 0.315. The maximum atomic E-state index is 7.59. The molecule has 5 N–H and O–H groups in total. The Bertz CT molecular complexity index is 193. The highest BCUT2D eigenvalue weighted by atomic mass is 15.3. The molecule has 0 aromatic heterocycles. The molecule has 13 heavy (non-hydrogen) atoms. The van der Waals surface area contributed by atoms with Crippen LogP contribution in [0.4, 0.5) is 0 Å². The number of guanidine groups is 2. The molecule has 0 bridgehead atoms. The second-order valence-corrected chi connectivity index (χ2v) is 3.15. The van der Waals surface area contributed by atoms with Crippen LogP contribution in [0.1, 0.15) is 27.2 Å². The SMILES string of the molecule is CCCN(C(=N)N=C(N)N)C(C)C. The van der Waals surface area contributed by atoms with Gasteiger partial charge in [-0.05, 0) is 20.3 Å². The molecule has 0 rings (SSSR count). The molecular weight excluding hydrogens is 166 g/mol. The van der Waals surface area contributed by atoms with Gasteiger partial charge in [-0.2, -0.15) is 4.99 Å². The minimum absolute atomic E-state index is 0.0632. The van der Waals surface area contributed by atoms with Crippen LogP contribution in [0.3, 0.4) is 0 Å². The summed E-state index contributed by atoms with van der Waals surface area (Å²) < 4.78 is 0. The molecule has 0 aliphatic carbocycles. The first-order chi connectivity index (χ1) is 5.99. The molecule has 0 heterocycles. The van der Waals surface area contributed by atoms with Crippen molar-refractivity contribution in [2.24, 2.45) is 16.5 Å². The lowest BCUT2D eigenvalue weighted by Crippen LogP contribution is -2.38. The van der Waals surface area contributed by atoms with Crippen LogP contribution in [0.5, 0.6) is 0 Å². The largest absolute Gasteiger partial charge is 0.370 e. The van der Waals surface area contributed by atoms with Crippen LogP contribution in [0.25, 0.3) is 0 Å². The average molecular weight is 185 g/mol. The molecule has 0 atom stereocenters. The molecule has 76 valence electrons. The highest BCUT2D eigenvalue weighted by Crippen LogP contribution is 2.01. The van der Waals surface area contributed by atoms with E-state index in [0.29, 0.717) is 0 Å². The van der Waals surface area contributed by atoms with Gasteiger partial charge in [0.1, 0.15) is 0 Å². The fourth-order valence-corrected chi connectivity index (χ4v) is 1.04. The van der Waals surface area contributed by atoms with Crippen LogP contribution in [0.2, 0.25) is 0 Å². The van der Waals surface area contributed by atoms with Gasteiger partial charge < -0.3 is 16.4 Å². The Morgan fingerprint density at radius 1 is 1.46 bits per heavy atom. The van der Waals surface area contributed by atoms with Crippen molar-refractivity contribution in [3.8, 4) is 0 Å². The number of nitrogens with zero attached hydrogens (tertiary/aromatic N) is 2. The van der Waals surface area contributed by atoms with Crippen LogP contribution in [-0.2, 0) is 0 Å². The highest BCUT2D eigenvalue weighted by molar-refractivity contribution is 5.91. The molecule has 0 aromatic rings. The van der Waals surface area contributed by atoms with Crippen molar-refractivity contribution in [2.45, 2.75) is 33.2 Å². The van der Waals surface area contributed by atoms with E-state index in [4.69, 9.17) is 16.9 Å². The zero-order valence-corrected chi connectivity index (χ0v) is 8.54. The number of hydrogen-bond donors (Lipinski definition) is 3. The third-order valence-electron chi connectivity index (χ3n) is 1.59. The Labute approximate surface area is 79.3 Å². The van der Waals surface area contributed by atoms with Gasteiger partial charge in [0.25, 0.3) is 0 Å². The van der Waals surface area contributed by atoms with Gasteiger partial charge in [-0.1, -0.05) is 6.92 Å². The third-order valence-corrected chi connectivity index (χ3v) is 1.59. The van der Waals surface area contributed by atoms with Gasteiger partial charge >= 0.3 is 0 Å². The molecule has 0 aliphatic heterocycles. The molecule has 0 spiro atoms. The van der Waals surface area contributed by atoms with E-state index in [2.05, 4.69) is 11.9 Å². The van der Waals surface area contributed by atoms with Crippen LogP contribution < -0.4 is 11.5 Å². The van der Waals surface area contributed by atoms with E-state index in [1.807, 2.05) is 18.7 Å². The molecule has 5 heteroatoms. The summed E-state index contributed by atoms with van der Waals surface area (Å²) in [6, 6.07) is 0.246. The summed E-state index contributed by atoms with van der Waals surface area (Å²) in [7, 11) is 0. The minimum atomic E-state index is -0.0632. The molecule has 0 fully saturated rings. The summed E-state index contributed by atoms with van der Waals surface area (Å²) in [5.41, 5.74) is 10.4. The van der Waals surface area contributed by atoms with Gasteiger partial charge in [0, 0.05) is 12.6 Å². The van der Waals surface area contributed by atoms with Crippen LogP contribution >= 0.6 is 0 Å². The zero-order chi connectivity index (χ0) is 10.4. The van der Waals surface area contributed by atoms with E-state index in [1.54, 1.807) is 0 Å². The monoisotopic (exact) mass is 185 g/mol. The number of nitrogens with two attached hydrogens (primary N) is 2. The van der Waals surface area contributed by atoms with Gasteiger partial charge in [-0.15, -0.1) is 0 Å². The molecule has 0 aromatic carbocycles. The predicted molar refractivity (Wildman–Crippen MR) is 55.7 cm³/mol. The van der Waals surface area contributed by atoms with Crippen molar-refractivity contribution >= 4 is 11.9 Å². The topological polar surface area (TPSA) is 91.5 Å². The van der Waals surface area contributed by atoms with Crippen molar-refractivity contribution in [3.63, 3.8) is 0 Å². The van der Waals surface area contributed by atoms with Gasteiger partial charge in [0.15, 0.2) is 5.96 Å². The minimum Gasteiger partial charge on any atom is -0.370 e. The second-order valence-electron chi connectivity index (χ2n) is 3.15. The van der Waals surface area contributed by atoms with Crippen molar-refractivity contribution in [1.29, 1.82) is 5.41 Å². The summed E-state index contributed by atoms with van der Waals surface area (Å²) in [5.74, 6) is 0.0728. The van der Waals surface area contributed by atoms with E-state index >= 15 is 0 Å². The number of rotatable bonds is 3. The molecule has 0 radical (unpaired) electrons. The fraction of sp³-hybridized carbons (Fsp3) is 0.750. The first-order valence-electron chi connectivity index (χ1n) is 4.43. The first kappa shape index (κ1) is 11.7. The molecule has 0 unspecified atom stereocenters. The smallest absolute Gasteiger partial charge is 0.221 e. The lowest BCUT2D eigenvalue weighted by atomic mass is 10.3. The van der Waals surface area contributed by atoms with Crippen LogP contribution in [-0.4, -0.2) is 29.4 Å². The van der Waals surface area contributed by atoms with Crippen LogP contribution in [0.15, 0.2) is 4.99 Å². The van der Waals surface area contributed by atoms with Crippen molar-refractivity contribution in [3.05, 3.63) is 0 Å². The summed E-state index contributed by atoms with van der Waals surface area (Å²) in [5, 5.41) is 7.59. The highest BCUT2D eigenvalue weighted by Gasteiger charge is 2.11. The molecular formula is C8H19N5. The summed E-state index contributed by atoms with van der Waals surface area (Å²) in [6.45, 7) is 6.87. The molecule has 5 nitrogen and oxygen atoms in total. The van der Waals surface area contributed by atoms with E-state index in [0.717, 1.165) is 13.0 Å². The van der Waals surface area contributed by atoms with E-state index in [-0.39, 0.29) is 18.0 Å². The van der Waals surface area contributed by atoms with Crippen molar-refractivity contribution in [1.82, 2.24) is 4.90 Å². The summed E-state index contributed by atoms with van der Waals surface area (Å²) in [6.07, 6.45) is 0.973. The third kappa shape index (κ3) is 4.35. The Hall–Kier alpha value is -1.26. The molecule has 0 saturated carbocycles. The van der Waals surface area contributed by atoms with Crippen molar-refractivity contribution in [2.75, 3.05) is 6.54 Å². The summed E-state index contributed by atoms with van der Waals surface area (Å²) >= 11 is 0. The van der Waals surface area contributed by atoms with Crippen LogP contribution in [0, 0.1) is 5.41 Å². The second kappa shape index (κ2) is 5.40. The van der Waals surface area contributed by atoms with E-state index in [9.17, 15) is 0 Å². The Morgan fingerprint density at radius 3 is 2.31 bits per heavy atom. The summed E-state index contributed by atoms with van der Waals surface area (Å²) in [4.78, 5) is 5.55. The van der Waals surface area contributed by atoms with Gasteiger partial charge in [-0.3, -0.25) is 5.41 Å². The quantitative estimate of drug-likeness (QED) is 0.436. The number of nitrogens with one attached hydrogen (secondary N) is 1. The maximum Gasteiger partial charge on any atom is 0.221 e. The molecule has 0 aliphatic rings. The number of hydrogen-bond acceptors (Lipinski definition) is 1. The van der Waals surface area contributed by atoms with E-state index in [1.165, 1.54) is 0 Å². The standard InChI is InChI=1S/C8H19N5/c1-4-5-13(6(2)3)8(11)12-7(9)10/h6H,4-5H2,1-3H3,(H5,9,10,11,12). The van der Waals surface area contributed by atoms with Gasteiger partial charge in [-0.25, -0.2) is 0 Å². The molecule has 0 amide bonds. The lowest BCUT2D eigenvalue weighted by molar-refractivity contribution is 0.344. The molecule has 0 saturated heterocycles. The lowest BCUT2D eigenvalue weighted by Gasteiger charge is -2.26. The normalized spacial score (nSPS) is 9.85.